The summed E-state index contributed by atoms with van der Waals surface area (Å²) in [7, 11) is 1.77. The molecule has 0 spiro atoms. The molecule has 1 amide bonds. The van der Waals surface area contributed by atoms with Crippen LogP contribution >= 0.6 is 11.3 Å². The monoisotopic (exact) mass is 372 g/mol. The Morgan fingerprint density at radius 2 is 2.08 bits per heavy atom. The minimum Gasteiger partial charge on any atom is -0.356 e. The van der Waals surface area contributed by atoms with Crippen LogP contribution in [-0.4, -0.2) is 25.5 Å². The van der Waals surface area contributed by atoms with Crippen LogP contribution in [0.4, 0.5) is 5.69 Å². The fraction of sp³-hybridized carbons (Fsp3) is 0.400. The second-order valence-electron chi connectivity index (χ2n) is 6.22. The highest BCUT2D eigenvalue weighted by Crippen LogP contribution is 2.19. The molecule has 1 heterocycles. The molecule has 0 fully saturated rings. The van der Waals surface area contributed by atoms with Crippen LogP contribution in [0.1, 0.15) is 43.0 Å². The van der Waals surface area contributed by atoms with E-state index in [2.05, 4.69) is 45.4 Å². The molecule has 1 atom stereocenters. The van der Waals surface area contributed by atoms with E-state index in [1.54, 1.807) is 18.4 Å². The zero-order valence-corrected chi connectivity index (χ0v) is 16.5. The van der Waals surface area contributed by atoms with Crippen LogP contribution in [0.2, 0.25) is 0 Å². The number of guanidine groups is 1. The number of hydrogen-bond acceptors (Lipinski definition) is 3. The minimum atomic E-state index is 0.0534. The lowest BCUT2D eigenvalue weighted by molar-refractivity contribution is -0.116. The van der Waals surface area contributed by atoms with Gasteiger partial charge in [-0.1, -0.05) is 32.0 Å². The molecule has 0 radical (unpaired) electrons. The van der Waals surface area contributed by atoms with Gasteiger partial charge in [0.25, 0.3) is 0 Å². The van der Waals surface area contributed by atoms with E-state index in [0.717, 1.165) is 30.2 Å². The van der Waals surface area contributed by atoms with Gasteiger partial charge >= 0.3 is 0 Å². The maximum atomic E-state index is 11.7. The number of thiophene rings is 1. The van der Waals surface area contributed by atoms with Gasteiger partial charge in [-0.2, -0.15) is 0 Å². The zero-order valence-electron chi connectivity index (χ0n) is 15.7. The predicted molar refractivity (Wildman–Crippen MR) is 111 cm³/mol. The highest BCUT2D eigenvalue weighted by atomic mass is 32.1. The standard InChI is InChI=1S/C20H28N4OS/c1-4-7-19(25)24-17-9-5-8-16(12-17)14-23-20(21-3)22-13-15(2)18-10-6-11-26-18/h5-6,8-12,15H,4,7,13-14H2,1-3H3,(H,24,25)(H2,21,22,23). The molecule has 0 aliphatic heterocycles. The number of amides is 1. The molecule has 26 heavy (non-hydrogen) atoms. The van der Waals surface area contributed by atoms with E-state index >= 15 is 0 Å². The number of benzene rings is 1. The third-order valence-corrected chi connectivity index (χ3v) is 5.08. The SMILES string of the molecule is CCCC(=O)Nc1cccc(CNC(=NC)NCC(C)c2cccs2)c1. The third-order valence-electron chi connectivity index (χ3n) is 3.98. The first kappa shape index (κ1) is 20.0. The second-order valence-corrected chi connectivity index (χ2v) is 7.20. The van der Waals surface area contributed by atoms with Crippen LogP contribution in [0.5, 0.6) is 0 Å². The Morgan fingerprint density at radius 1 is 1.23 bits per heavy atom. The van der Waals surface area contributed by atoms with Gasteiger partial charge < -0.3 is 16.0 Å². The van der Waals surface area contributed by atoms with Crippen molar-refractivity contribution in [2.75, 3.05) is 18.9 Å². The number of anilines is 1. The van der Waals surface area contributed by atoms with Gasteiger partial charge in [0.2, 0.25) is 5.91 Å². The lowest BCUT2D eigenvalue weighted by Crippen LogP contribution is -2.38. The molecule has 0 aliphatic carbocycles. The fourth-order valence-corrected chi connectivity index (χ4v) is 3.33. The van der Waals surface area contributed by atoms with Crippen molar-refractivity contribution in [2.24, 2.45) is 4.99 Å². The highest BCUT2D eigenvalue weighted by molar-refractivity contribution is 7.10. The van der Waals surface area contributed by atoms with Crippen molar-refractivity contribution in [1.29, 1.82) is 0 Å². The number of hydrogen-bond donors (Lipinski definition) is 3. The number of nitrogens with one attached hydrogen (secondary N) is 3. The molecule has 0 bridgehead atoms. The van der Waals surface area contributed by atoms with E-state index in [9.17, 15) is 4.79 Å². The quantitative estimate of drug-likeness (QED) is 0.485. The number of nitrogens with zero attached hydrogens (tertiary/aromatic N) is 1. The summed E-state index contributed by atoms with van der Waals surface area (Å²) in [5.41, 5.74) is 1.92. The first-order valence-corrected chi connectivity index (χ1v) is 9.87. The van der Waals surface area contributed by atoms with Crippen LogP contribution in [0.3, 0.4) is 0 Å². The zero-order chi connectivity index (χ0) is 18.8. The summed E-state index contributed by atoms with van der Waals surface area (Å²) in [5, 5.41) is 11.7. The second kappa shape index (κ2) is 10.6. The van der Waals surface area contributed by atoms with Crippen molar-refractivity contribution in [3.05, 3.63) is 52.2 Å². The third kappa shape index (κ3) is 6.52. The summed E-state index contributed by atoms with van der Waals surface area (Å²) in [6.45, 7) is 5.67. The smallest absolute Gasteiger partial charge is 0.224 e. The molecule has 6 heteroatoms. The van der Waals surface area contributed by atoms with Crippen LogP contribution < -0.4 is 16.0 Å². The Labute approximate surface area is 159 Å². The number of aliphatic imine (C=N–C) groups is 1. The van der Waals surface area contributed by atoms with Crippen LogP contribution in [-0.2, 0) is 11.3 Å². The number of carbonyl (C=O) groups is 1. The van der Waals surface area contributed by atoms with E-state index in [4.69, 9.17) is 0 Å². The van der Waals surface area contributed by atoms with Gasteiger partial charge in [0, 0.05) is 43.0 Å². The molecule has 1 aromatic heterocycles. The summed E-state index contributed by atoms with van der Waals surface area (Å²) in [6, 6.07) is 12.1. The van der Waals surface area contributed by atoms with E-state index in [0.29, 0.717) is 18.9 Å². The summed E-state index contributed by atoms with van der Waals surface area (Å²) in [6.07, 6.45) is 1.39. The molecular formula is C20H28N4OS. The molecule has 2 rings (SSSR count). The van der Waals surface area contributed by atoms with Crippen molar-refractivity contribution in [3.8, 4) is 0 Å². The first-order valence-electron chi connectivity index (χ1n) is 8.99. The van der Waals surface area contributed by atoms with Crippen molar-refractivity contribution >= 4 is 28.9 Å². The maximum Gasteiger partial charge on any atom is 0.224 e. The molecule has 1 aromatic carbocycles. The molecule has 1 unspecified atom stereocenters. The van der Waals surface area contributed by atoms with Gasteiger partial charge in [-0.05, 0) is 35.6 Å². The predicted octanol–water partition coefficient (Wildman–Crippen LogP) is 3.96. The average molecular weight is 373 g/mol. The van der Waals surface area contributed by atoms with Crippen LogP contribution in [0.15, 0.2) is 46.8 Å². The molecular weight excluding hydrogens is 344 g/mol. The molecule has 140 valence electrons. The summed E-state index contributed by atoms with van der Waals surface area (Å²) in [5.74, 6) is 1.26. The van der Waals surface area contributed by atoms with Crippen molar-refractivity contribution in [2.45, 2.75) is 39.2 Å². The van der Waals surface area contributed by atoms with E-state index in [1.807, 2.05) is 31.2 Å². The Morgan fingerprint density at radius 3 is 2.77 bits per heavy atom. The average Bonchev–Trinajstić information content (AvgIpc) is 3.17. The van der Waals surface area contributed by atoms with Gasteiger partial charge in [-0.15, -0.1) is 11.3 Å². The van der Waals surface area contributed by atoms with Crippen molar-refractivity contribution in [1.82, 2.24) is 10.6 Å². The molecule has 3 N–H and O–H groups in total. The topological polar surface area (TPSA) is 65.5 Å². The Kier molecular flexibility index (Phi) is 8.15. The van der Waals surface area contributed by atoms with Crippen LogP contribution in [0.25, 0.3) is 0 Å². The summed E-state index contributed by atoms with van der Waals surface area (Å²) < 4.78 is 0. The van der Waals surface area contributed by atoms with Gasteiger partial charge in [0.05, 0.1) is 0 Å². The molecule has 0 saturated heterocycles. The fourth-order valence-electron chi connectivity index (χ4n) is 2.54. The Balaban J connectivity index is 1.83. The summed E-state index contributed by atoms with van der Waals surface area (Å²) in [4.78, 5) is 17.4. The van der Waals surface area contributed by atoms with E-state index < -0.39 is 0 Å². The maximum absolute atomic E-state index is 11.7. The van der Waals surface area contributed by atoms with Gasteiger partial charge in [-0.25, -0.2) is 0 Å². The lowest BCUT2D eigenvalue weighted by Gasteiger charge is -2.15. The van der Waals surface area contributed by atoms with Gasteiger partial charge in [0.1, 0.15) is 0 Å². The van der Waals surface area contributed by atoms with Crippen molar-refractivity contribution < 1.29 is 4.79 Å². The molecule has 2 aromatic rings. The Hall–Kier alpha value is -2.34. The lowest BCUT2D eigenvalue weighted by atomic mass is 10.1. The largest absolute Gasteiger partial charge is 0.356 e. The van der Waals surface area contributed by atoms with Crippen LogP contribution in [0, 0.1) is 0 Å². The first-order chi connectivity index (χ1) is 12.6. The number of rotatable bonds is 8. The summed E-state index contributed by atoms with van der Waals surface area (Å²) >= 11 is 1.78. The van der Waals surface area contributed by atoms with E-state index in [1.165, 1.54) is 4.88 Å². The van der Waals surface area contributed by atoms with Gasteiger partial charge in [0.15, 0.2) is 5.96 Å². The van der Waals surface area contributed by atoms with E-state index in [-0.39, 0.29) is 5.91 Å². The highest BCUT2D eigenvalue weighted by Gasteiger charge is 2.08. The number of carbonyl (C=O) groups excluding carboxylic acids is 1. The van der Waals surface area contributed by atoms with Crippen molar-refractivity contribution in [3.63, 3.8) is 0 Å². The Bertz CT molecular complexity index is 712. The minimum absolute atomic E-state index is 0.0534. The molecule has 5 nitrogen and oxygen atoms in total. The van der Waals surface area contributed by atoms with Gasteiger partial charge in [-0.3, -0.25) is 9.79 Å². The normalized spacial score (nSPS) is 12.5. The molecule has 0 aliphatic rings. The molecule has 0 saturated carbocycles.